The van der Waals surface area contributed by atoms with E-state index in [1.165, 1.54) is 0 Å². The first kappa shape index (κ1) is 12.3. The number of methoxy groups -OCH3 is 1. The Balaban J connectivity index is 2.92. The molecule has 3 heteroatoms. The SMILES string of the molecule is C=C(/N=C\N(C)C)c1ccc(OC)cc1C. The van der Waals surface area contributed by atoms with Crippen molar-refractivity contribution in [1.82, 2.24) is 4.90 Å². The number of nitrogens with zero attached hydrogens (tertiary/aromatic N) is 2. The minimum Gasteiger partial charge on any atom is -0.497 e. The van der Waals surface area contributed by atoms with E-state index in [1.54, 1.807) is 13.4 Å². The van der Waals surface area contributed by atoms with Crippen LogP contribution in [-0.4, -0.2) is 32.4 Å². The zero-order chi connectivity index (χ0) is 12.1. The Labute approximate surface area is 97.1 Å². The summed E-state index contributed by atoms with van der Waals surface area (Å²) in [7, 11) is 5.52. The summed E-state index contributed by atoms with van der Waals surface area (Å²) in [6.45, 7) is 5.97. The molecule has 0 spiro atoms. The van der Waals surface area contributed by atoms with Crippen molar-refractivity contribution >= 4 is 12.0 Å². The Morgan fingerprint density at radius 1 is 1.44 bits per heavy atom. The molecule has 0 aliphatic heterocycles. The van der Waals surface area contributed by atoms with Gasteiger partial charge in [-0.05, 0) is 30.7 Å². The molecule has 0 saturated heterocycles. The van der Waals surface area contributed by atoms with Crippen LogP contribution in [0, 0.1) is 6.92 Å². The maximum Gasteiger partial charge on any atom is 0.119 e. The van der Waals surface area contributed by atoms with E-state index in [-0.39, 0.29) is 0 Å². The lowest BCUT2D eigenvalue weighted by atomic mass is 10.1. The predicted octanol–water partition coefficient (Wildman–Crippen LogP) is 2.56. The second kappa shape index (κ2) is 5.35. The van der Waals surface area contributed by atoms with Gasteiger partial charge >= 0.3 is 0 Å². The molecule has 86 valence electrons. The van der Waals surface area contributed by atoms with Crippen LogP contribution < -0.4 is 4.74 Å². The zero-order valence-electron chi connectivity index (χ0n) is 10.3. The highest BCUT2D eigenvalue weighted by Crippen LogP contribution is 2.22. The van der Waals surface area contributed by atoms with Crippen LogP contribution in [0.25, 0.3) is 5.70 Å². The highest BCUT2D eigenvalue weighted by Gasteiger charge is 2.02. The van der Waals surface area contributed by atoms with Crippen LogP contribution in [0.1, 0.15) is 11.1 Å². The van der Waals surface area contributed by atoms with Crippen LogP contribution in [0.4, 0.5) is 0 Å². The maximum absolute atomic E-state index is 5.15. The van der Waals surface area contributed by atoms with Gasteiger partial charge in [-0.2, -0.15) is 0 Å². The molecule has 0 unspecified atom stereocenters. The Morgan fingerprint density at radius 3 is 2.62 bits per heavy atom. The molecule has 1 aromatic rings. The number of hydrogen-bond acceptors (Lipinski definition) is 2. The van der Waals surface area contributed by atoms with Gasteiger partial charge in [0.25, 0.3) is 0 Å². The van der Waals surface area contributed by atoms with Crippen molar-refractivity contribution in [3.8, 4) is 5.75 Å². The summed E-state index contributed by atoms with van der Waals surface area (Å²) in [6, 6.07) is 5.87. The van der Waals surface area contributed by atoms with Gasteiger partial charge in [-0.25, -0.2) is 4.99 Å². The average Bonchev–Trinajstić information content (AvgIpc) is 2.25. The van der Waals surface area contributed by atoms with E-state index < -0.39 is 0 Å². The maximum atomic E-state index is 5.15. The molecule has 0 aliphatic carbocycles. The van der Waals surface area contributed by atoms with E-state index in [9.17, 15) is 0 Å². The topological polar surface area (TPSA) is 24.8 Å². The van der Waals surface area contributed by atoms with Crippen molar-refractivity contribution in [1.29, 1.82) is 0 Å². The van der Waals surface area contributed by atoms with Gasteiger partial charge in [0.05, 0.1) is 19.1 Å². The summed E-state index contributed by atoms with van der Waals surface area (Å²) in [5.41, 5.74) is 2.91. The molecule has 3 nitrogen and oxygen atoms in total. The fourth-order valence-electron chi connectivity index (χ4n) is 1.34. The van der Waals surface area contributed by atoms with E-state index in [0.29, 0.717) is 0 Å². The molecule has 0 aliphatic rings. The summed E-state index contributed by atoms with van der Waals surface area (Å²) in [5.74, 6) is 0.852. The van der Waals surface area contributed by atoms with E-state index in [4.69, 9.17) is 4.74 Å². The second-order valence-electron chi connectivity index (χ2n) is 3.84. The second-order valence-corrected chi connectivity index (χ2v) is 3.84. The normalized spacial score (nSPS) is 10.5. The first-order chi connectivity index (χ1) is 7.54. The summed E-state index contributed by atoms with van der Waals surface area (Å²) in [6.07, 6.45) is 1.74. The van der Waals surface area contributed by atoms with Crippen LogP contribution in [-0.2, 0) is 0 Å². The van der Waals surface area contributed by atoms with Crippen LogP contribution >= 0.6 is 0 Å². The highest BCUT2D eigenvalue weighted by atomic mass is 16.5. The molecule has 0 bridgehead atoms. The molecule has 0 saturated carbocycles. The summed E-state index contributed by atoms with van der Waals surface area (Å²) >= 11 is 0. The van der Waals surface area contributed by atoms with Crippen molar-refractivity contribution < 1.29 is 4.74 Å². The number of aliphatic imine (C=N–C) groups is 1. The van der Waals surface area contributed by atoms with Crippen molar-refractivity contribution in [2.75, 3.05) is 21.2 Å². The molecular formula is C13H18N2O. The average molecular weight is 218 g/mol. The Kier molecular flexibility index (Phi) is 4.11. The van der Waals surface area contributed by atoms with Gasteiger partial charge in [-0.3, -0.25) is 0 Å². The summed E-state index contributed by atoms with van der Waals surface area (Å²) in [5, 5.41) is 0. The number of hydrogen-bond donors (Lipinski definition) is 0. The van der Waals surface area contributed by atoms with Gasteiger partial charge < -0.3 is 9.64 Å². The van der Waals surface area contributed by atoms with Crippen molar-refractivity contribution in [3.05, 3.63) is 35.9 Å². The summed E-state index contributed by atoms with van der Waals surface area (Å²) < 4.78 is 5.15. The fraction of sp³-hybridized carbons (Fsp3) is 0.308. The molecule has 0 radical (unpaired) electrons. The minimum absolute atomic E-state index is 0.758. The van der Waals surface area contributed by atoms with Crippen LogP contribution in [0.15, 0.2) is 29.8 Å². The molecule has 0 N–H and O–H groups in total. The van der Waals surface area contributed by atoms with Crippen LogP contribution in [0.2, 0.25) is 0 Å². The molecule has 0 atom stereocenters. The first-order valence-corrected chi connectivity index (χ1v) is 5.09. The molecule has 16 heavy (non-hydrogen) atoms. The van der Waals surface area contributed by atoms with Gasteiger partial charge in [0, 0.05) is 19.7 Å². The quantitative estimate of drug-likeness (QED) is 0.573. The number of ether oxygens (including phenoxy) is 1. The van der Waals surface area contributed by atoms with Crippen LogP contribution in [0.3, 0.4) is 0 Å². The van der Waals surface area contributed by atoms with E-state index >= 15 is 0 Å². The number of benzene rings is 1. The van der Waals surface area contributed by atoms with Gasteiger partial charge in [-0.15, -0.1) is 0 Å². The number of rotatable bonds is 4. The highest BCUT2D eigenvalue weighted by molar-refractivity contribution is 5.73. The molecule has 0 aromatic heterocycles. The lowest BCUT2D eigenvalue weighted by Crippen LogP contribution is -2.07. The van der Waals surface area contributed by atoms with Crippen molar-refractivity contribution in [2.24, 2.45) is 4.99 Å². The molecule has 1 aromatic carbocycles. The minimum atomic E-state index is 0.758. The fourth-order valence-corrected chi connectivity index (χ4v) is 1.34. The smallest absolute Gasteiger partial charge is 0.119 e. The van der Waals surface area contributed by atoms with Crippen molar-refractivity contribution in [3.63, 3.8) is 0 Å². The first-order valence-electron chi connectivity index (χ1n) is 5.09. The molecular weight excluding hydrogens is 200 g/mol. The lowest BCUT2D eigenvalue weighted by Gasteiger charge is -2.08. The monoisotopic (exact) mass is 218 g/mol. The molecule has 0 amide bonds. The van der Waals surface area contributed by atoms with E-state index in [2.05, 4.69) is 11.6 Å². The Morgan fingerprint density at radius 2 is 2.12 bits per heavy atom. The van der Waals surface area contributed by atoms with E-state index in [0.717, 1.165) is 22.6 Å². The van der Waals surface area contributed by atoms with E-state index in [1.807, 2.05) is 44.1 Å². The molecule has 1 rings (SSSR count). The van der Waals surface area contributed by atoms with Gasteiger partial charge in [0.1, 0.15) is 5.75 Å². The third kappa shape index (κ3) is 3.12. The standard InChI is InChI=1S/C13H18N2O/c1-10-8-12(16-5)6-7-13(10)11(2)14-9-15(3)4/h6-9H,2H2,1,3-5H3/b14-9-. The largest absolute Gasteiger partial charge is 0.497 e. The molecule has 0 fully saturated rings. The van der Waals surface area contributed by atoms with Crippen molar-refractivity contribution in [2.45, 2.75) is 6.92 Å². The third-order valence-electron chi connectivity index (χ3n) is 2.19. The predicted molar refractivity (Wildman–Crippen MR) is 68.9 cm³/mol. The Bertz CT molecular complexity index is 408. The van der Waals surface area contributed by atoms with Gasteiger partial charge in [0.2, 0.25) is 0 Å². The van der Waals surface area contributed by atoms with Crippen LogP contribution in [0.5, 0.6) is 5.75 Å². The van der Waals surface area contributed by atoms with Gasteiger partial charge in [0.15, 0.2) is 0 Å². The lowest BCUT2D eigenvalue weighted by molar-refractivity contribution is 0.414. The van der Waals surface area contributed by atoms with Gasteiger partial charge in [-0.1, -0.05) is 6.58 Å². The Hall–Kier alpha value is -1.77. The number of aryl methyl sites for hydroxylation is 1. The third-order valence-corrected chi connectivity index (χ3v) is 2.19. The molecule has 0 heterocycles. The summed E-state index contributed by atoms with van der Waals surface area (Å²) in [4.78, 5) is 6.15. The zero-order valence-corrected chi connectivity index (χ0v) is 10.3.